The van der Waals surface area contributed by atoms with E-state index in [1.165, 1.54) is 0 Å². The third-order valence-corrected chi connectivity index (χ3v) is 4.17. The van der Waals surface area contributed by atoms with E-state index in [0.717, 1.165) is 11.3 Å². The minimum absolute atomic E-state index is 0.0651. The molecule has 0 amide bonds. The van der Waals surface area contributed by atoms with E-state index in [9.17, 15) is 4.79 Å². The highest BCUT2D eigenvalue weighted by molar-refractivity contribution is 7.18. The number of halogens is 1. The molecule has 0 spiro atoms. The number of rotatable bonds is 4. The molecule has 0 aliphatic rings. The Bertz CT molecular complexity index is 392. The van der Waals surface area contributed by atoms with Crippen LogP contribution in [0.2, 0.25) is 5.15 Å². The zero-order valence-corrected chi connectivity index (χ0v) is 11.3. The van der Waals surface area contributed by atoms with Gasteiger partial charge < -0.3 is 10.0 Å². The van der Waals surface area contributed by atoms with E-state index < -0.39 is 5.97 Å². The Hall–Kier alpha value is -0.810. The topological polar surface area (TPSA) is 53.4 Å². The van der Waals surface area contributed by atoms with Crippen molar-refractivity contribution >= 4 is 34.0 Å². The number of carboxylic acid groups (broad SMARTS) is 1. The maximum absolute atomic E-state index is 10.8. The molecule has 0 aliphatic carbocycles. The molecule has 6 heteroatoms. The van der Waals surface area contributed by atoms with Gasteiger partial charge in [0, 0.05) is 13.1 Å². The van der Waals surface area contributed by atoms with Crippen molar-refractivity contribution in [2.75, 3.05) is 11.9 Å². The normalized spacial score (nSPS) is 12.9. The standard InChI is InChI=1S/C10H15ClN2O2S/c1-5(2)6(3)13(4)10-12-8(11)7(16-10)9(14)15/h5-6H,1-4H3,(H,14,15). The lowest BCUT2D eigenvalue weighted by molar-refractivity contribution is 0.0702. The van der Waals surface area contributed by atoms with E-state index in [1.54, 1.807) is 0 Å². The Morgan fingerprint density at radius 1 is 1.50 bits per heavy atom. The average molecular weight is 263 g/mol. The number of nitrogens with zero attached hydrogens (tertiary/aromatic N) is 2. The monoisotopic (exact) mass is 262 g/mol. The van der Waals surface area contributed by atoms with Crippen molar-refractivity contribution < 1.29 is 9.90 Å². The molecular weight excluding hydrogens is 248 g/mol. The number of aromatic nitrogens is 1. The number of thiazole rings is 1. The molecule has 1 aromatic heterocycles. The lowest BCUT2D eigenvalue weighted by Gasteiger charge is -2.27. The average Bonchev–Trinajstić information content (AvgIpc) is 2.58. The van der Waals surface area contributed by atoms with E-state index in [2.05, 4.69) is 25.8 Å². The van der Waals surface area contributed by atoms with E-state index >= 15 is 0 Å². The van der Waals surface area contributed by atoms with Crippen molar-refractivity contribution in [3.63, 3.8) is 0 Å². The van der Waals surface area contributed by atoms with Gasteiger partial charge in [-0.3, -0.25) is 0 Å². The number of carbonyl (C=O) groups is 1. The van der Waals surface area contributed by atoms with Gasteiger partial charge in [-0.15, -0.1) is 0 Å². The van der Waals surface area contributed by atoms with Crippen LogP contribution in [-0.4, -0.2) is 29.1 Å². The van der Waals surface area contributed by atoms with E-state index in [4.69, 9.17) is 16.7 Å². The summed E-state index contributed by atoms with van der Waals surface area (Å²) in [6.07, 6.45) is 0. The molecule has 1 atom stereocenters. The first-order valence-electron chi connectivity index (χ1n) is 4.97. The SMILES string of the molecule is CC(C)C(C)N(C)c1nc(Cl)c(C(=O)O)s1. The van der Waals surface area contributed by atoms with Gasteiger partial charge >= 0.3 is 5.97 Å². The zero-order valence-electron chi connectivity index (χ0n) is 9.69. The molecule has 0 fully saturated rings. The van der Waals surface area contributed by atoms with Crippen molar-refractivity contribution in [1.82, 2.24) is 4.98 Å². The highest BCUT2D eigenvalue weighted by Gasteiger charge is 2.21. The summed E-state index contributed by atoms with van der Waals surface area (Å²) in [6, 6.07) is 0.281. The second kappa shape index (κ2) is 5.01. The van der Waals surface area contributed by atoms with Crippen LogP contribution in [0.4, 0.5) is 5.13 Å². The summed E-state index contributed by atoms with van der Waals surface area (Å²) < 4.78 is 0. The second-order valence-electron chi connectivity index (χ2n) is 4.02. The van der Waals surface area contributed by atoms with Crippen LogP contribution in [-0.2, 0) is 0 Å². The van der Waals surface area contributed by atoms with Gasteiger partial charge in [-0.1, -0.05) is 36.8 Å². The summed E-state index contributed by atoms with van der Waals surface area (Å²) in [6.45, 7) is 6.28. The van der Waals surface area contributed by atoms with E-state index in [1.807, 2.05) is 11.9 Å². The lowest BCUT2D eigenvalue weighted by atomic mass is 10.1. The molecule has 1 rings (SSSR count). The number of hydrogen-bond donors (Lipinski definition) is 1. The molecule has 0 saturated heterocycles. The fraction of sp³-hybridized carbons (Fsp3) is 0.600. The number of aromatic carboxylic acids is 1. The molecule has 0 bridgehead atoms. The molecule has 90 valence electrons. The van der Waals surface area contributed by atoms with Crippen LogP contribution < -0.4 is 4.90 Å². The first-order valence-corrected chi connectivity index (χ1v) is 6.16. The summed E-state index contributed by atoms with van der Waals surface area (Å²) >= 11 is 6.86. The van der Waals surface area contributed by atoms with Gasteiger partial charge in [-0.25, -0.2) is 9.78 Å². The predicted octanol–water partition coefficient (Wildman–Crippen LogP) is 2.98. The van der Waals surface area contributed by atoms with Crippen molar-refractivity contribution in [2.24, 2.45) is 5.92 Å². The lowest BCUT2D eigenvalue weighted by Crippen LogP contribution is -2.32. The van der Waals surface area contributed by atoms with Crippen molar-refractivity contribution in [2.45, 2.75) is 26.8 Å². The van der Waals surface area contributed by atoms with Crippen LogP contribution in [0.3, 0.4) is 0 Å². The van der Waals surface area contributed by atoms with Crippen molar-refractivity contribution in [1.29, 1.82) is 0 Å². The van der Waals surface area contributed by atoms with Crippen molar-refractivity contribution in [3.05, 3.63) is 10.0 Å². The quantitative estimate of drug-likeness (QED) is 0.906. The molecule has 16 heavy (non-hydrogen) atoms. The fourth-order valence-electron chi connectivity index (χ4n) is 1.20. The van der Waals surface area contributed by atoms with Gasteiger partial charge in [0.1, 0.15) is 0 Å². The Kier molecular flexibility index (Phi) is 4.15. The largest absolute Gasteiger partial charge is 0.477 e. The van der Waals surface area contributed by atoms with Crippen LogP contribution in [0.1, 0.15) is 30.4 Å². The number of anilines is 1. The highest BCUT2D eigenvalue weighted by Crippen LogP contribution is 2.30. The van der Waals surface area contributed by atoms with Crippen molar-refractivity contribution in [3.8, 4) is 0 Å². The molecule has 0 aliphatic heterocycles. The van der Waals surface area contributed by atoms with Crippen LogP contribution in [0.15, 0.2) is 0 Å². The molecule has 1 unspecified atom stereocenters. The Balaban J connectivity index is 2.97. The van der Waals surface area contributed by atoms with E-state index in [0.29, 0.717) is 11.0 Å². The van der Waals surface area contributed by atoms with Crippen LogP contribution >= 0.6 is 22.9 Å². The Labute approximate surface area is 104 Å². The minimum atomic E-state index is -1.03. The van der Waals surface area contributed by atoms with Crippen LogP contribution in [0.25, 0.3) is 0 Å². The first kappa shape index (κ1) is 13.3. The second-order valence-corrected chi connectivity index (χ2v) is 5.35. The summed E-state index contributed by atoms with van der Waals surface area (Å²) in [4.78, 5) is 16.9. The summed E-state index contributed by atoms with van der Waals surface area (Å²) in [5, 5.41) is 9.58. The van der Waals surface area contributed by atoms with Gasteiger partial charge in [-0.2, -0.15) is 0 Å². The third kappa shape index (κ3) is 2.65. The maximum Gasteiger partial charge on any atom is 0.349 e. The predicted molar refractivity (Wildman–Crippen MR) is 66.8 cm³/mol. The molecular formula is C10H15ClN2O2S. The molecule has 1 aromatic rings. The van der Waals surface area contributed by atoms with Gasteiger partial charge in [-0.05, 0) is 12.8 Å². The molecule has 1 heterocycles. The van der Waals surface area contributed by atoms with Gasteiger partial charge in [0.05, 0.1) is 0 Å². The zero-order chi connectivity index (χ0) is 12.5. The number of carboxylic acids is 1. The Morgan fingerprint density at radius 3 is 2.44 bits per heavy atom. The Morgan fingerprint density at radius 2 is 2.06 bits per heavy atom. The first-order chi connectivity index (χ1) is 7.34. The molecule has 0 aromatic carbocycles. The molecule has 0 saturated carbocycles. The molecule has 0 radical (unpaired) electrons. The van der Waals surface area contributed by atoms with Crippen LogP contribution in [0, 0.1) is 5.92 Å². The summed E-state index contributed by atoms with van der Waals surface area (Å²) in [7, 11) is 1.89. The fourth-order valence-corrected chi connectivity index (χ4v) is 2.37. The van der Waals surface area contributed by atoms with Gasteiger partial charge in [0.15, 0.2) is 15.2 Å². The third-order valence-electron chi connectivity index (χ3n) is 2.65. The maximum atomic E-state index is 10.8. The molecule has 4 nitrogen and oxygen atoms in total. The van der Waals surface area contributed by atoms with Gasteiger partial charge in [0.2, 0.25) is 0 Å². The smallest absolute Gasteiger partial charge is 0.349 e. The van der Waals surface area contributed by atoms with E-state index in [-0.39, 0.29) is 16.1 Å². The summed E-state index contributed by atoms with van der Waals surface area (Å²) in [5.41, 5.74) is 0. The van der Waals surface area contributed by atoms with Crippen LogP contribution in [0.5, 0.6) is 0 Å². The number of hydrogen-bond acceptors (Lipinski definition) is 4. The summed E-state index contributed by atoms with van der Waals surface area (Å²) in [5.74, 6) is -0.569. The minimum Gasteiger partial charge on any atom is -0.477 e. The van der Waals surface area contributed by atoms with Gasteiger partial charge in [0.25, 0.3) is 0 Å². The highest BCUT2D eigenvalue weighted by atomic mass is 35.5. The molecule has 1 N–H and O–H groups in total.